The maximum atomic E-state index is 2.32. The molecule has 0 aliphatic heterocycles. The highest BCUT2D eigenvalue weighted by Crippen LogP contribution is 2.25. The molecule has 72 valence electrons. The van der Waals surface area contributed by atoms with E-state index in [1.165, 1.54) is 12.8 Å². The van der Waals surface area contributed by atoms with Crippen LogP contribution in [0, 0.1) is 11.3 Å². The maximum Gasteiger partial charge on any atom is -0.0380 e. The molecule has 0 aliphatic rings. The molecule has 0 aromatic rings. The standard InChI is InChI=1S/C9H20.2H3N/c1-6-8(2)7-9(3,4)5;;/h8H,6-7H2,1-5H3;2*1H3. The van der Waals surface area contributed by atoms with Crippen LogP contribution < -0.4 is 12.3 Å². The molecule has 0 amide bonds. The zero-order chi connectivity index (χ0) is 7.49. The van der Waals surface area contributed by atoms with Crippen molar-refractivity contribution in [3.05, 3.63) is 0 Å². The normalized spacial score (nSPS) is 12.8. The minimum atomic E-state index is 0. The van der Waals surface area contributed by atoms with Gasteiger partial charge in [-0.05, 0) is 17.8 Å². The Morgan fingerprint density at radius 3 is 1.55 bits per heavy atom. The average molecular weight is 162 g/mol. The number of rotatable bonds is 2. The van der Waals surface area contributed by atoms with E-state index < -0.39 is 0 Å². The Kier molecular flexibility index (Phi) is 10.3. The van der Waals surface area contributed by atoms with E-state index >= 15 is 0 Å². The van der Waals surface area contributed by atoms with Gasteiger partial charge in [0, 0.05) is 0 Å². The first kappa shape index (κ1) is 17.1. The van der Waals surface area contributed by atoms with Crippen molar-refractivity contribution in [2.75, 3.05) is 0 Å². The Labute approximate surface area is 71.9 Å². The molecule has 0 saturated carbocycles. The van der Waals surface area contributed by atoms with E-state index in [9.17, 15) is 0 Å². The molecule has 0 fully saturated rings. The number of hydrogen-bond donors (Lipinski definition) is 2. The fraction of sp³-hybridized carbons (Fsp3) is 1.00. The predicted octanol–water partition coefficient (Wildman–Crippen LogP) is 3.79. The summed E-state index contributed by atoms with van der Waals surface area (Å²) in [5, 5.41) is 0. The van der Waals surface area contributed by atoms with E-state index in [1.807, 2.05) is 0 Å². The van der Waals surface area contributed by atoms with Crippen LogP contribution in [0.25, 0.3) is 0 Å². The van der Waals surface area contributed by atoms with Crippen LogP contribution in [-0.2, 0) is 0 Å². The molecular weight excluding hydrogens is 136 g/mol. The summed E-state index contributed by atoms with van der Waals surface area (Å²) in [4.78, 5) is 0. The van der Waals surface area contributed by atoms with Crippen molar-refractivity contribution in [3.8, 4) is 0 Å². The van der Waals surface area contributed by atoms with Gasteiger partial charge in [-0.2, -0.15) is 0 Å². The summed E-state index contributed by atoms with van der Waals surface area (Å²) < 4.78 is 0. The third kappa shape index (κ3) is 13.0. The van der Waals surface area contributed by atoms with Crippen molar-refractivity contribution in [1.29, 1.82) is 0 Å². The molecule has 6 N–H and O–H groups in total. The van der Waals surface area contributed by atoms with Crippen molar-refractivity contribution in [2.45, 2.75) is 47.5 Å². The molecule has 0 radical (unpaired) electrons. The summed E-state index contributed by atoms with van der Waals surface area (Å²) in [7, 11) is 0. The van der Waals surface area contributed by atoms with E-state index in [0.29, 0.717) is 5.41 Å². The molecule has 0 aliphatic carbocycles. The summed E-state index contributed by atoms with van der Waals surface area (Å²) >= 11 is 0. The monoisotopic (exact) mass is 162 g/mol. The van der Waals surface area contributed by atoms with E-state index in [1.54, 1.807) is 0 Å². The first-order valence-electron chi connectivity index (χ1n) is 3.95. The Bertz CT molecular complexity index is 74.1. The van der Waals surface area contributed by atoms with Crippen LogP contribution in [0.1, 0.15) is 47.5 Å². The van der Waals surface area contributed by atoms with Gasteiger partial charge in [-0.3, -0.25) is 0 Å². The first-order valence-corrected chi connectivity index (χ1v) is 3.95. The van der Waals surface area contributed by atoms with E-state index in [-0.39, 0.29) is 12.3 Å². The van der Waals surface area contributed by atoms with Crippen LogP contribution >= 0.6 is 0 Å². The highest BCUT2D eigenvalue weighted by atomic mass is 14.2. The Balaban J connectivity index is -0.000000320. The molecule has 1 atom stereocenters. The van der Waals surface area contributed by atoms with Crippen molar-refractivity contribution in [1.82, 2.24) is 12.3 Å². The summed E-state index contributed by atoms with van der Waals surface area (Å²) in [5.41, 5.74) is 0.523. The van der Waals surface area contributed by atoms with Gasteiger partial charge in [-0.15, -0.1) is 0 Å². The van der Waals surface area contributed by atoms with Gasteiger partial charge in [-0.25, -0.2) is 0 Å². The molecular formula is C9H26N2. The van der Waals surface area contributed by atoms with Gasteiger partial charge in [0.2, 0.25) is 0 Å². The molecule has 0 bridgehead atoms. The summed E-state index contributed by atoms with van der Waals surface area (Å²) in [6.45, 7) is 11.5. The molecule has 0 rings (SSSR count). The molecule has 0 saturated heterocycles. The van der Waals surface area contributed by atoms with E-state index in [0.717, 1.165) is 5.92 Å². The Morgan fingerprint density at radius 2 is 1.45 bits per heavy atom. The summed E-state index contributed by atoms with van der Waals surface area (Å²) in [6, 6.07) is 0. The lowest BCUT2D eigenvalue weighted by Gasteiger charge is -2.21. The predicted molar refractivity (Wildman–Crippen MR) is 53.6 cm³/mol. The average Bonchev–Trinajstić information content (AvgIpc) is 1.62. The van der Waals surface area contributed by atoms with E-state index in [4.69, 9.17) is 0 Å². The van der Waals surface area contributed by atoms with Gasteiger partial charge in [0.05, 0.1) is 0 Å². The first-order chi connectivity index (χ1) is 3.95. The summed E-state index contributed by atoms with van der Waals surface area (Å²) in [5.74, 6) is 0.894. The lowest BCUT2D eigenvalue weighted by atomic mass is 9.84. The van der Waals surface area contributed by atoms with Gasteiger partial charge in [-0.1, -0.05) is 41.0 Å². The van der Waals surface area contributed by atoms with Crippen LogP contribution in [0.3, 0.4) is 0 Å². The van der Waals surface area contributed by atoms with Gasteiger partial charge < -0.3 is 12.3 Å². The zero-order valence-corrected chi connectivity index (χ0v) is 8.91. The maximum absolute atomic E-state index is 2.32. The minimum absolute atomic E-state index is 0. The molecule has 2 heteroatoms. The third-order valence-corrected chi connectivity index (χ3v) is 1.66. The van der Waals surface area contributed by atoms with Crippen molar-refractivity contribution >= 4 is 0 Å². The van der Waals surface area contributed by atoms with E-state index in [2.05, 4.69) is 34.6 Å². The van der Waals surface area contributed by atoms with Crippen LogP contribution in [0.5, 0.6) is 0 Å². The van der Waals surface area contributed by atoms with Gasteiger partial charge in [0.25, 0.3) is 0 Å². The Morgan fingerprint density at radius 1 is 1.09 bits per heavy atom. The second-order valence-electron chi connectivity index (χ2n) is 4.28. The second kappa shape index (κ2) is 6.62. The van der Waals surface area contributed by atoms with Crippen LogP contribution in [0.15, 0.2) is 0 Å². The molecule has 1 unspecified atom stereocenters. The SMILES string of the molecule is CCC(C)CC(C)(C)C.N.N. The molecule has 0 aromatic heterocycles. The molecule has 2 nitrogen and oxygen atoms in total. The number of hydrogen-bond acceptors (Lipinski definition) is 2. The van der Waals surface area contributed by atoms with Crippen LogP contribution in [0.4, 0.5) is 0 Å². The fourth-order valence-corrected chi connectivity index (χ4v) is 1.19. The fourth-order valence-electron chi connectivity index (χ4n) is 1.19. The lowest BCUT2D eigenvalue weighted by molar-refractivity contribution is 0.302. The zero-order valence-electron chi connectivity index (χ0n) is 8.91. The lowest BCUT2D eigenvalue weighted by Crippen LogP contribution is -2.09. The quantitative estimate of drug-likeness (QED) is 0.648. The van der Waals surface area contributed by atoms with Gasteiger partial charge in [0.1, 0.15) is 0 Å². The topological polar surface area (TPSA) is 70.0 Å². The van der Waals surface area contributed by atoms with Crippen molar-refractivity contribution < 1.29 is 0 Å². The van der Waals surface area contributed by atoms with Gasteiger partial charge in [0.15, 0.2) is 0 Å². The molecule has 0 heterocycles. The van der Waals surface area contributed by atoms with Gasteiger partial charge >= 0.3 is 0 Å². The smallest absolute Gasteiger partial charge is 0.0380 e. The summed E-state index contributed by atoms with van der Waals surface area (Å²) in [6.07, 6.45) is 2.67. The van der Waals surface area contributed by atoms with Crippen molar-refractivity contribution in [3.63, 3.8) is 0 Å². The molecule has 11 heavy (non-hydrogen) atoms. The largest absolute Gasteiger partial charge is 0.344 e. The van der Waals surface area contributed by atoms with Crippen LogP contribution in [0.2, 0.25) is 0 Å². The Hall–Kier alpha value is -0.0800. The minimum Gasteiger partial charge on any atom is -0.344 e. The highest BCUT2D eigenvalue weighted by molar-refractivity contribution is 4.64. The van der Waals surface area contributed by atoms with Crippen molar-refractivity contribution in [2.24, 2.45) is 11.3 Å². The second-order valence-corrected chi connectivity index (χ2v) is 4.28. The highest BCUT2D eigenvalue weighted by Gasteiger charge is 2.13. The molecule has 0 aromatic carbocycles. The molecule has 0 spiro atoms. The van der Waals surface area contributed by atoms with Crippen LogP contribution in [-0.4, -0.2) is 0 Å². The third-order valence-electron chi connectivity index (χ3n) is 1.66.